The number of hydrogen-bond acceptors (Lipinski definition) is 12. The van der Waals surface area contributed by atoms with Gasteiger partial charge in [0.25, 0.3) is 0 Å². The fourth-order valence-electron chi connectivity index (χ4n) is 16.3. The van der Waals surface area contributed by atoms with Gasteiger partial charge in [-0.05, 0) is 74.2 Å². The minimum atomic E-state index is -3.67. The number of nitrogens with one attached hydrogen (secondary N) is 4. The SMILES string of the molecule is CCCCCOc1c2cc(NC(=O)CP(=O)(c3ccccc3)c3ccccc3)cc1Cc1cc(NC(=O)CP(=O)(c3ccccc3)c3ccccc3)cc(c1OCCCCC)Cc1cc(NC(=O)CP(=O)(c3ccccc3)c3ccccc3)cc(c1OCCCCC)Cc1cc(NC(=O)CP(=O)(c3ccccc3)c3ccccc3)cc(c1OCCCCC)C2. The van der Waals surface area contributed by atoms with Crippen LogP contribution in [0, 0.1) is 0 Å². The van der Waals surface area contributed by atoms with Gasteiger partial charge in [-0.2, -0.15) is 0 Å². The number of carbonyl (C=O) groups is 4. The summed E-state index contributed by atoms with van der Waals surface area (Å²) in [6, 6.07) is 87.9. The Balaban J connectivity index is 1.07. The van der Waals surface area contributed by atoms with Gasteiger partial charge < -0.3 is 58.5 Å². The quantitative estimate of drug-likeness (QED) is 0.0208. The lowest BCUT2D eigenvalue weighted by molar-refractivity contribution is -0.114. The number of anilines is 4. The Hall–Kier alpha value is -11.4. The topological polar surface area (TPSA) is 222 Å². The van der Waals surface area contributed by atoms with Crippen LogP contribution in [-0.2, 0) is 63.1 Å². The maximum absolute atomic E-state index is 15.9. The summed E-state index contributed by atoms with van der Waals surface area (Å²) >= 11 is 0. The molecule has 0 spiro atoms. The molecule has 4 N–H and O–H groups in total. The van der Waals surface area contributed by atoms with E-state index in [2.05, 4.69) is 49.0 Å². The molecule has 12 aromatic carbocycles. The van der Waals surface area contributed by atoms with Gasteiger partial charge in [0.15, 0.2) is 28.6 Å². The summed E-state index contributed by atoms with van der Waals surface area (Å²) in [5.74, 6) is -0.0554. The van der Waals surface area contributed by atoms with Crippen LogP contribution in [0.15, 0.2) is 291 Å². The second-order valence-corrected chi connectivity index (χ2v) is 43.2. The summed E-state index contributed by atoms with van der Waals surface area (Å²) in [6.45, 7) is 9.68. The van der Waals surface area contributed by atoms with Gasteiger partial charge in [0.2, 0.25) is 23.6 Å². The Morgan fingerprint density at radius 1 is 0.234 bits per heavy atom. The second-order valence-electron chi connectivity index (χ2n) is 31.9. The number of ether oxygens (including phenoxy) is 4. The molecule has 124 heavy (non-hydrogen) atoms. The summed E-state index contributed by atoms with van der Waals surface area (Å²) in [6.07, 6.45) is 8.39. The van der Waals surface area contributed by atoms with E-state index in [1.807, 2.05) is 194 Å². The average molecular weight is 1730 g/mol. The first-order valence-corrected chi connectivity index (χ1v) is 51.1. The van der Waals surface area contributed by atoms with Crippen molar-refractivity contribution in [2.75, 3.05) is 72.3 Å². The van der Waals surface area contributed by atoms with Gasteiger partial charge in [-0.3, -0.25) is 19.2 Å². The van der Waals surface area contributed by atoms with Crippen molar-refractivity contribution in [3.05, 3.63) is 336 Å². The van der Waals surface area contributed by atoms with Crippen LogP contribution < -0.4 is 82.7 Å². The Morgan fingerprint density at radius 3 is 0.516 bits per heavy atom. The van der Waals surface area contributed by atoms with Crippen molar-refractivity contribution >= 4 is 117 Å². The van der Waals surface area contributed by atoms with Crippen LogP contribution in [-0.4, -0.2) is 74.7 Å². The van der Waals surface area contributed by atoms with E-state index in [9.17, 15) is 0 Å². The molecule has 16 nitrogen and oxygen atoms in total. The first kappa shape index (κ1) is 90.4. The minimum Gasteiger partial charge on any atom is -0.493 e. The van der Waals surface area contributed by atoms with Crippen LogP contribution in [0.1, 0.15) is 149 Å². The second kappa shape index (κ2) is 43.8. The van der Waals surface area contributed by atoms with E-state index >= 15 is 37.4 Å². The number of hydrogen-bond donors (Lipinski definition) is 4. The molecule has 20 heteroatoms. The lowest BCUT2D eigenvalue weighted by Gasteiger charge is -2.25. The molecular formula is C104H112N4O12P4. The Kier molecular flexibility index (Phi) is 31.9. The maximum atomic E-state index is 15.9. The number of carbonyl (C=O) groups excluding carboxylic acids is 4. The summed E-state index contributed by atoms with van der Waals surface area (Å²) in [5.41, 5.74) is 6.34. The molecule has 0 atom stereocenters. The molecule has 0 radical (unpaired) electrons. The van der Waals surface area contributed by atoms with Gasteiger partial charge >= 0.3 is 0 Å². The van der Waals surface area contributed by atoms with E-state index < -0.39 is 52.2 Å². The van der Waals surface area contributed by atoms with Crippen molar-refractivity contribution in [3.8, 4) is 23.0 Å². The van der Waals surface area contributed by atoms with Crippen LogP contribution in [0.2, 0.25) is 0 Å². The van der Waals surface area contributed by atoms with Crippen LogP contribution in [0.3, 0.4) is 0 Å². The smallest absolute Gasteiger partial charge is 0.232 e. The summed E-state index contributed by atoms with van der Waals surface area (Å²) in [7, 11) is -14.7. The molecular weight excluding hydrogens is 1620 g/mol. The molecule has 4 amide bonds. The van der Waals surface area contributed by atoms with Crippen LogP contribution in [0.25, 0.3) is 0 Å². The fourth-order valence-corrected chi connectivity index (χ4v) is 26.1. The third kappa shape index (κ3) is 23.0. The molecule has 0 fully saturated rings. The van der Waals surface area contributed by atoms with E-state index in [0.717, 1.165) is 51.4 Å². The van der Waals surface area contributed by atoms with Gasteiger partial charge in [0.05, 0.1) is 51.1 Å². The molecule has 8 bridgehead atoms. The van der Waals surface area contributed by atoms with Gasteiger partial charge in [-0.1, -0.05) is 322 Å². The average Bonchev–Trinajstić information content (AvgIpc) is 0.760. The first-order valence-electron chi connectivity index (χ1n) is 43.5. The van der Waals surface area contributed by atoms with Crippen LogP contribution in [0.5, 0.6) is 23.0 Å². The molecule has 0 heterocycles. The Bertz CT molecular complexity index is 4830. The standard InChI is InChI=1S/C104H112N4O12P4/c1-5-9-37-57-117-101-77-61-79-67-86(106-98(110)74-122(114,91-45-25-15-26-46-91)92-47-27-16-28-48-92)69-81(102(79)118-58-38-10-6-2)63-83-71-88(108-100(112)76-124(116,95-53-33-19-34-54-95)96-55-35-20-36-56-96)72-84(104(83)120-60-40-12-8-4)64-82-70-87(107-99(111)75-123(115,93-49-29-17-30-50-93)94-51-31-18-32-52-94)68-80(103(82)119-59-39-11-7-3)62-78(101)66-85(65-77)105-97(109)73-121(113,89-41-21-13-22-42-89)90-43-23-14-24-44-90/h13-36,41-56,65-72H,5-12,37-40,57-64,73-76H2,1-4H3,(H,105,109)(H,106,110)(H,107,111)(H,108,112). The molecule has 0 aromatic heterocycles. The Labute approximate surface area is 730 Å². The van der Waals surface area contributed by atoms with Gasteiger partial charge in [-0.15, -0.1) is 0 Å². The van der Waals surface area contributed by atoms with Gasteiger partial charge in [0, 0.05) is 135 Å². The summed E-state index contributed by atoms with van der Waals surface area (Å²) in [4.78, 5) is 62.0. The number of benzene rings is 12. The third-order valence-corrected chi connectivity index (χ3v) is 34.4. The highest BCUT2D eigenvalue weighted by atomic mass is 31.2. The molecule has 0 saturated carbocycles. The number of rotatable bonds is 40. The molecule has 0 unspecified atom stereocenters. The lowest BCUT2D eigenvalue weighted by atomic mass is 9.90. The van der Waals surface area contributed by atoms with Crippen molar-refractivity contribution in [2.24, 2.45) is 0 Å². The Morgan fingerprint density at radius 2 is 0.379 bits per heavy atom. The number of fused-ring (bicyclic) bond motifs is 8. The van der Waals surface area contributed by atoms with E-state index in [4.69, 9.17) is 18.9 Å². The van der Waals surface area contributed by atoms with Gasteiger partial charge in [0.1, 0.15) is 23.0 Å². The molecule has 1 aliphatic carbocycles. The van der Waals surface area contributed by atoms with Crippen LogP contribution in [0.4, 0.5) is 22.7 Å². The third-order valence-electron chi connectivity index (χ3n) is 22.5. The zero-order chi connectivity index (χ0) is 86.7. The summed E-state index contributed by atoms with van der Waals surface area (Å²) < 4.78 is 93.0. The lowest BCUT2D eigenvalue weighted by Crippen LogP contribution is -2.26. The van der Waals surface area contributed by atoms with E-state index in [1.54, 1.807) is 97.1 Å². The zero-order valence-corrected chi connectivity index (χ0v) is 74.9. The molecule has 640 valence electrons. The van der Waals surface area contributed by atoms with E-state index in [-0.39, 0.29) is 76.8 Å². The fraction of sp³-hybridized carbons (Fsp3) is 0.269. The van der Waals surface area contributed by atoms with Crippen molar-refractivity contribution in [2.45, 2.75) is 130 Å². The minimum absolute atomic E-state index is 0.0495. The normalized spacial score (nSPS) is 12.2. The van der Waals surface area contributed by atoms with E-state index in [1.165, 1.54) is 0 Å². The number of unbranched alkanes of at least 4 members (excludes halogenated alkanes) is 8. The molecule has 0 saturated heterocycles. The molecule has 0 aliphatic heterocycles. The predicted octanol–water partition coefficient (Wildman–Crippen LogP) is 20.4. The van der Waals surface area contributed by atoms with E-state index in [0.29, 0.717) is 158 Å². The highest BCUT2D eigenvalue weighted by molar-refractivity contribution is 7.80. The molecule has 1 aliphatic rings. The molecule has 12 aromatic rings. The highest BCUT2D eigenvalue weighted by Crippen LogP contribution is 2.50. The number of amides is 4. The monoisotopic (exact) mass is 1730 g/mol. The first-order chi connectivity index (χ1) is 60.4. The highest BCUT2D eigenvalue weighted by Gasteiger charge is 2.36. The van der Waals surface area contributed by atoms with Gasteiger partial charge in [-0.25, -0.2) is 0 Å². The summed E-state index contributed by atoms with van der Waals surface area (Å²) in [5, 5.41) is 17.3. The largest absolute Gasteiger partial charge is 0.493 e. The molecule has 13 rings (SSSR count). The van der Waals surface area contributed by atoms with Crippen molar-refractivity contribution in [1.29, 1.82) is 0 Å². The zero-order valence-electron chi connectivity index (χ0n) is 71.4. The van der Waals surface area contributed by atoms with Crippen molar-refractivity contribution < 1.29 is 56.4 Å². The predicted molar refractivity (Wildman–Crippen MR) is 510 cm³/mol. The van der Waals surface area contributed by atoms with Crippen molar-refractivity contribution in [3.63, 3.8) is 0 Å². The van der Waals surface area contributed by atoms with Crippen LogP contribution >= 0.6 is 28.6 Å². The maximum Gasteiger partial charge on any atom is 0.232 e. The van der Waals surface area contributed by atoms with Crippen molar-refractivity contribution in [1.82, 2.24) is 0 Å².